The minimum Gasteiger partial charge on any atom is -0.497 e. The van der Waals surface area contributed by atoms with Crippen molar-refractivity contribution in [3.05, 3.63) is 76.6 Å². The number of pyridine rings is 1. The summed E-state index contributed by atoms with van der Waals surface area (Å²) in [7, 11) is 1.39. The number of hydrogen-bond acceptors (Lipinski definition) is 4. The van der Waals surface area contributed by atoms with Gasteiger partial charge in [0.1, 0.15) is 28.9 Å². The molecule has 0 radical (unpaired) electrons. The Morgan fingerprint density at radius 3 is 2.70 bits per heavy atom. The first-order valence-electron chi connectivity index (χ1n) is 11.2. The summed E-state index contributed by atoms with van der Waals surface area (Å²) in [5.41, 5.74) is 4.64. The van der Waals surface area contributed by atoms with Gasteiger partial charge in [0, 0.05) is 30.7 Å². The molecule has 1 aromatic heterocycles. The van der Waals surface area contributed by atoms with E-state index in [1.54, 1.807) is 13.0 Å². The zero-order chi connectivity index (χ0) is 23.1. The van der Waals surface area contributed by atoms with Gasteiger partial charge in [-0.2, -0.15) is 0 Å². The molecule has 0 saturated carbocycles. The third kappa shape index (κ3) is 3.99. The second-order valence-corrected chi connectivity index (χ2v) is 8.92. The van der Waals surface area contributed by atoms with Crippen LogP contribution in [0.15, 0.2) is 42.6 Å². The highest BCUT2D eigenvalue weighted by atomic mass is 19.1. The average Bonchev–Trinajstić information content (AvgIpc) is 3.37. The number of nitrogens with zero attached hydrogens (tertiary/aromatic N) is 1. The van der Waals surface area contributed by atoms with Gasteiger partial charge in [-0.05, 0) is 60.4 Å². The fourth-order valence-electron chi connectivity index (χ4n) is 5.20. The quantitative estimate of drug-likeness (QED) is 0.480. The molecule has 5 rings (SSSR count). The van der Waals surface area contributed by atoms with Gasteiger partial charge in [-0.3, -0.25) is 4.98 Å². The monoisotopic (exact) mass is 449 g/mol. The van der Waals surface area contributed by atoms with Crippen LogP contribution in [0.25, 0.3) is 11.1 Å². The van der Waals surface area contributed by atoms with E-state index < -0.39 is 11.6 Å². The van der Waals surface area contributed by atoms with Crippen molar-refractivity contribution in [2.24, 2.45) is 0 Å². The lowest BCUT2D eigenvalue weighted by atomic mass is 9.91. The second kappa shape index (κ2) is 8.58. The summed E-state index contributed by atoms with van der Waals surface area (Å²) in [6.07, 6.45) is 4.74. The summed E-state index contributed by atoms with van der Waals surface area (Å²) in [5, 5.41) is 0. The summed E-state index contributed by atoms with van der Waals surface area (Å²) in [6.45, 7) is 2.07. The fraction of sp³-hybridized carbons (Fsp3) is 0.333. The molecule has 3 aromatic rings. The van der Waals surface area contributed by atoms with Crippen molar-refractivity contribution in [2.45, 2.75) is 44.4 Å². The van der Waals surface area contributed by atoms with E-state index in [2.05, 4.69) is 11.1 Å². The predicted octanol–water partition coefficient (Wildman–Crippen LogP) is 5.76. The second-order valence-electron chi connectivity index (χ2n) is 8.92. The summed E-state index contributed by atoms with van der Waals surface area (Å²) < 4.78 is 40.3. The van der Waals surface area contributed by atoms with Gasteiger partial charge in [0.2, 0.25) is 0 Å². The van der Waals surface area contributed by atoms with Crippen LogP contribution in [0.1, 0.15) is 54.0 Å². The summed E-state index contributed by atoms with van der Waals surface area (Å²) in [6, 6.07) is 10.2. The van der Waals surface area contributed by atoms with Crippen LogP contribution in [0.3, 0.4) is 0 Å². The molecule has 1 aliphatic carbocycles. The molecule has 0 amide bonds. The van der Waals surface area contributed by atoms with Gasteiger partial charge in [-0.15, -0.1) is 0 Å². The number of benzene rings is 2. The molecule has 0 bridgehead atoms. The van der Waals surface area contributed by atoms with Crippen molar-refractivity contribution >= 4 is 5.78 Å². The Morgan fingerprint density at radius 2 is 1.97 bits per heavy atom. The largest absolute Gasteiger partial charge is 0.497 e. The molecule has 0 spiro atoms. The highest BCUT2D eigenvalue weighted by molar-refractivity contribution is 5.76. The maximum Gasteiger partial charge on any atom is 0.141 e. The maximum absolute atomic E-state index is 14.8. The number of aromatic nitrogens is 1. The Balaban J connectivity index is 1.42. The van der Waals surface area contributed by atoms with Crippen LogP contribution in [0.5, 0.6) is 11.5 Å². The molecular formula is C27H25F2NO3. The SMILES string of the molecule is COc1cc(F)c(-c2cccc3c2CC[C@H]3Cc2cnc3c(c2)OCC3CC(C)=O)c(F)c1. The van der Waals surface area contributed by atoms with Crippen LogP contribution in [0.4, 0.5) is 8.78 Å². The van der Waals surface area contributed by atoms with Gasteiger partial charge >= 0.3 is 0 Å². The van der Waals surface area contributed by atoms with Crippen molar-refractivity contribution in [1.82, 2.24) is 4.98 Å². The van der Waals surface area contributed by atoms with E-state index in [4.69, 9.17) is 9.47 Å². The minimum absolute atomic E-state index is 0.00240. The third-order valence-corrected chi connectivity index (χ3v) is 6.70. The molecule has 33 heavy (non-hydrogen) atoms. The van der Waals surface area contributed by atoms with E-state index >= 15 is 0 Å². The average molecular weight is 449 g/mol. The highest BCUT2D eigenvalue weighted by Gasteiger charge is 2.30. The number of methoxy groups -OCH3 is 1. The van der Waals surface area contributed by atoms with E-state index in [1.165, 1.54) is 19.2 Å². The van der Waals surface area contributed by atoms with Gasteiger partial charge in [-0.1, -0.05) is 18.2 Å². The molecule has 1 aliphatic heterocycles. The summed E-state index contributed by atoms with van der Waals surface area (Å²) >= 11 is 0. The Morgan fingerprint density at radius 1 is 1.18 bits per heavy atom. The molecule has 1 unspecified atom stereocenters. The number of halogens is 2. The van der Waals surface area contributed by atoms with Crippen LogP contribution in [-0.4, -0.2) is 24.5 Å². The first-order chi connectivity index (χ1) is 15.9. The highest BCUT2D eigenvalue weighted by Crippen LogP contribution is 2.43. The molecule has 170 valence electrons. The lowest BCUT2D eigenvalue weighted by Gasteiger charge is -2.15. The number of ketones is 1. The standard InChI is InChI=1S/C27H25F2NO3/c1-15(31)8-18-14-33-25-10-16(13-30-27(18)25)9-17-6-7-21-20(17)4-3-5-22(21)26-23(28)11-19(32-2)12-24(26)29/h3-5,10-13,17-18H,6-9,14H2,1-2H3/t17-,18?/m0/s1. The minimum atomic E-state index is -0.621. The number of Topliss-reactive ketones (excluding diaryl/α,β-unsaturated/α-hetero) is 1. The Hall–Kier alpha value is -3.28. The zero-order valence-corrected chi connectivity index (χ0v) is 18.7. The Labute approximate surface area is 191 Å². The molecule has 6 heteroatoms. The molecule has 4 nitrogen and oxygen atoms in total. The molecule has 0 fully saturated rings. The van der Waals surface area contributed by atoms with E-state index in [1.807, 2.05) is 18.3 Å². The number of carbonyl (C=O) groups is 1. The fourth-order valence-corrected chi connectivity index (χ4v) is 5.20. The molecule has 2 aromatic carbocycles. The van der Waals surface area contributed by atoms with Crippen molar-refractivity contribution in [1.29, 1.82) is 0 Å². The van der Waals surface area contributed by atoms with Crippen molar-refractivity contribution in [3.8, 4) is 22.6 Å². The van der Waals surface area contributed by atoms with Crippen LogP contribution in [0.2, 0.25) is 0 Å². The van der Waals surface area contributed by atoms with E-state index in [-0.39, 0.29) is 28.9 Å². The van der Waals surface area contributed by atoms with Crippen molar-refractivity contribution in [2.75, 3.05) is 13.7 Å². The lowest BCUT2D eigenvalue weighted by Crippen LogP contribution is -2.06. The number of ether oxygens (including phenoxy) is 2. The smallest absolute Gasteiger partial charge is 0.141 e. The first kappa shape index (κ1) is 21.6. The molecular weight excluding hydrogens is 424 g/mol. The summed E-state index contributed by atoms with van der Waals surface area (Å²) in [4.78, 5) is 16.1. The Kier molecular flexibility index (Phi) is 5.60. The lowest BCUT2D eigenvalue weighted by molar-refractivity contribution is -0.117. The molecule has 0 N–H and O–H groups in total. The van der Waals surface area contributed by atoms with Crippen LogP contribution >= 0.6 is 0 Å². The van der Waals surface area contributed by atoms with E-state index in [0.29, 0.717) is 18.6 Å². The number of rotatable bonds is 6. The number of fused-ring (bicyclic) bond motifs is 2. The van der Waals surface area contributed by atoms with Crippen LogP contribution < -0.4 is 9.47 Å². The van der Waals surface area contributed by atoms with Crippen LogP contribution in [-0.2, 0) is 17.6 Å². The zero-order valence-electron chi connectivity index (χ0n) is 18.7. The molecule has 0 saturated heterocycles. The molecule has 2 aliphatic rings. The van der Waals surface area contributed by atoms with Gasteiger partial charge in [-0.25, -0.2) is 8.78 Å². The molecule has 2 heterocycles. The normalized spacial score (nSPS) is 18.5. The predicted molar refractivity (Wildman–Crippen MR) is 121 cm³/mol. The third-order valence-electron chi connectivity index (χ3n) is 6.70. The van der Waals surface area contributed by atoms with E-state index in [0.717, 1.165) is 47.4 Å². The van der Waals surface area contributed by atoms with E-state index in [9.17, 15) is 13.6 Å². The van der Waals surface area contributed by atoms with Gasteiger partial charge in [0.15, 0.2) is 0 Å². The molecule has 2 atom stereocenters. The van der Waals surface area contributed by atoms with Gasteiger partial charge in [0.25, 0.3) is 0 Å². The van der Waals surface area contributed by atoms with Gasteiger partial charge in [0.05, 0.1) is 25.0 Å². The topological polar surface area (TPSA) is 48.4 Å². The Bertz CT molecular complexity index is 1220. The van der Waals surface area contributed by atoms with Gasteiger partial charge < -0.3 is 14.3 Å². The number of carbonyl (C=O) groups excluding carboxylic acids is 1. The van der Waals surface area contributed by atoms with Crippen molar-refractivity contribution in [3.63, 3.8) is 0 Å². The first-order valence-corrected chi connectivity index (χ1v) is 11.2. The maximum atomic E-state index is 14.8. The summed E-state index contributed by atoms with van der Waals surface area (Å²) in [5.74, 6) is 0.0661. The van der Waals surface area contributed by atoms with Crippen LogP contribution in [0, 0.1) is 11.6 Å². The number of hydrogen-bond donors (Lipinski definition) is 0. The van der Waals surface area contributed by atoms with Crippen molar-refractivity contribution < 1.29 is 23.0 Å².